The fourth-order valence-electron chi connectivity index (χ4n) is 1.81. The van der Waals surface area contributed by atoms with E-state index in [1.807, 2.05) is 25.4 Å². The van der Waals surface area contributed by atoms with Crippen LogP contribution in [0.4, 0.5) is 5.69 Å². The molecule has 0 saturated carbocycles. The first-order valence-corrected chi connectivity index (χ1v) is 7.13. The Hall–Kier alpha value is -1.30. The highest BCUT2D eigenvalue weighted by molar-refractivity contribution is 7.13. The number of hydrogen-bond acceptors (Lipinski definition) is 4. The van der Waals surface area contributed by atoms with E-state index < -0.39 is 0 Å². The van der Waals surface area contributed by atoms with Crippen LogP contribution >= 0.6 is 34.7 Å². The predicted octanol–water partition coefficient (Wildman–Crippen LogP) is 3.95. The number of aromatic nitrogens is 3. The average Bonchev–Trinajstić information content (AvgIpc) is 2.96. The lowest BCUT2D eigenvalue weighted by molar-refractivity contribution is 0.813. The van der Waals surface area contributed by atoms with Crippen molar-refractivity contribution in [2.24, 2.45) is 7.05 Å². The normalized spacial score (nSPS) is 11.1. The minimum atomic E-state index is 0.332. The lowest BCUT2D eigenvalue weighted by atomic mass is 10.2. The quantitative estimate of drug-likeness (QED) is 0.796. The van der Waals surface area contributed by atoms with Gasteiger partial charge in [0.15, 0.2) is 5.15 Å². The Bertz CT molecular complexity index is 734. The average molecular weight is 313 g/mol. The molecule has 0 radical (unpaired) electrons. The van der Waals surface area contributed by atoms with E-state index in [0.29, 0.717) is 16.9 Å². The lowest BCUT2D eigenvalue weighted by Crippen LogP contribution is -2.05. The summed E-state index contributed by atoms with van der Waals surface area (Å²) >= 11 is 13.3. The molecule has 7 heteroatoms. The van der Waals surface area contributed by atoms with E-state index in [0.717, 1.165) is 16.9 Å². The molecule has 19 heavy (non-hydrogen) atoms. The van der Waals surface area contributed by atoms with Gasteiger partial charge in [0.1, 0.15) is 11.0 Å². The summed E-state index contributed by atoms with van der Waals surface area (Å²) in [5, 5.41) is 5.22. The molecule has 0 bridgehead atoms. The van der Waals surface area contributed by atoms with Crippen molar-refractivity contribution in [3.05, 3.63) is 40.5 Å². The molecular formula is C12H10Cl2N4S. The number of fused-ring (bicyclic) bond motifs is 1. The Kier molecular flexibility index (Phi) is 3.35. The molecule has 0 unspecified atom stereocenters. The highest BCUT2D eigenvalue weighted by atomic mass is 35.5. The summed E-state index contributed by atoms with van der Waals surface area (Å²) in [6.45, 7) is 0.562. The SMILES string of the molecule is Cn1c(CNc2ccc3sncc3c2)nc(Cl)c1Cl. The molecule has 1 N–H and O–H groups in total. The van der Waals surface area contributed by atoms with Gasteiger partial charge >= 0.3 is 0 Å². The van der Waals surface area contributed by atoms with E-state index in [1.54, 1.807) is 4.57 Å². The zero-order chi connectivity index (χ0) is 13.4. The van der Waals surface area contributed by atoms with Gasteiger partial charge in [0.25, 0.3) is 0 Å². The first-order chi connectivity index (χ1) is 9.15. The second-order valence-electron chi connectivity index (χ2n) is 4.10. The van der Waals surface area contributed by atoms with Crippen molar-refractivity contribution in [3.8, 4) is 0 Å². The van der Waals surface area contributed by atoms with Gasteiger partial charge in [-0.2, -0.15) is 4.37 Å². The summed E-state index contributed by atoms with van der Waals surface area (Å²) in [6, 6.07) is 6.13. The van der Waals surface area contributed by atoms with Crippen LogP contribution in [0.1, 0.15) is 5.82 Å². The molecule has 0 saturated heterocycles. The first-order valence-electron chi connectivity index (χ1n) is 5.60. The number of imidazole rings is 1. The van der Waals surface area contributed by atoms with Crippen LogP contribution in [-0.4, -0.2) is 13.9 Å². The van der Waals surface area contributed by atoms with Crippen molar-refractivity contribution in [2.75, 3.05) is 5.32 Å². The van der Waals surface area contributed by atoms with Crippen molar-refractivity contribution in [3.63, 3.8) is 0 Å². The van der Waals surface area contributed by atoms with E-state index in [4.69, 9.17) is 23.2 Å². The molecule has 3 rings (SSSR count). The van der Waals surface area contributed by atoms with E-state index in [9.17, 15) is 0 Å². The summed E-state index contributed by atoms with van der Waals surface area (Å²) in [5.74, 6) is 0.790. The molecule has 0 fully saturated rings. The number of nitrogens with one attached hydrogen (secondary N) is 1. The number of benzene rings is 1. The highest BCUT2D eigenvalue weighted by Gasteiger charge is 2.10. The van der Waals surface area contributed by atoms with Gasteiger partial charge in [0, 0.05) is 24.3 Å². The van der Waals surface area contributed by atoms with E-state index >= 15 is 0 Å². The highest BCUT2D eigenvalue weighted by Crippen LogP contribution is 2.24. The molecule has 4 nitrogen and oxygen atoms in total. The van der Waals surface area contributed by atoms with Crippen LogP contribution < -0.4 is 5.32 Å². The van der Waals surface area contributed by atoms with Crippen LogP contribution in [-0.2, 0) is 13.6 Å². The molecule has 0 aliphatic heterocycles. The van der Waals surface area contributed by atoms with Gasteiger partial charge < -0.3 is 9.88 Å². The molecule has 0 amide bonds. The number of anilines is 1. The minimum Gasteiger partial charge on any atom is -0.378 e. The largest absolute Gasteiger partial charge is 0.378 e. The first kappa shape index (κ1) is 12.7. The third-order valence-electron chi connectivity index (χ3n) is 2.88. The van der Waals surface area contributed by atoms with Crippen molar-refractivity contribution < 1.29 is 0 Å². The number of hydrogen-bond donors (Lipinski definition) is 1. The molecule has 0 aliphatic rings. The summed E-state index contributed by atoms with van der Waals surface area (Å²) in [4.78, 5) is 4.20. The van der Waals surface area contributed by atoms with Gasteiger partial charge in [-0.15, -0.1) is 0 Å². The monoisotopic (exact) mass is 312 g/mol. The van der Waals surface area contributed by atoms with E-state index in [1.165, 1.54) is 16.2 Å². The lowest BCUT2D eigenvalue weighted by Gasteiger charge is -2.06. The van der Waals surface area contributed by atoms with Gasteiger partial charge in [-0.05, 0) is 29.7 Å². The fraction of sp³-hybridized carbons (Fsp3) is 0.167. The van der Waals surface area contributed by atoms with Crippen LogP contribution in [0.25, 0.3) is 10.1 Å². The molecule has 2 aromatic heterocycles. The second-order valence-corrected chi connectivity index (χ2v) is 5.65. The molecule has 98 valence electrons. The summed E-state index contributed by atoms with van der Waals surface area (Å²) in [5.41, 5.74) is 1.02. The predicted molar refractivity (Wildman–Crippen MR) is 80.2 cm³/mol. The van der Waals surface area contributed by atoms with Crippen LogP contribution in [0.15, 0.2) is 24.4 Å². The van der Waals surface area contributed by atoms with Crippen molar-refractivity contribution in [1.29, 1.82) is 0 Å². The summed E-state index contributed by atoms with van der Waals surface area (Å²) < 4.78 is 7.09. The fourth-order valence-corrected chi connectivity index (χ4v) is 2.80. The molecule has 0 aliphatic carbocycles. The van der Waals surface area contributed by atoms with E-state index in [2.05, 4.69) is 20.7 Å². The maximum atomic E-state index is 5.98. The molecule has 0 spiro atoms. The standard InChI is InChI=1S/C12H10Cl2N4S/c1-18-10(17-11(13)12(18)14)6-15-8-2-3-9-7(4-8)5-16-19-9/h2-5,15H,6H2,1H3. The van der Waals surface area contributed by atoms with Crippen molar-refractivity contribution >= 4 is 50.5 Å². The van der Waals surface area contributed by atoms with Crippen LogP contribution in [0.3, 0.4) is 0 Å². The zero-order valence-corrected chi connectivity index (χ0v) is 12.4. The van der Waals surface area contributed by atoms with Crippen molar-refractivity contribution in [1.82, 2.24) is 13.9 Å². The Balaban J connectivity index is 1.79. The molecule has 3 aromatic rings. The number of nitrogens with zero attached hydrogens (tertiary/aromatic N) is 3. The Labute approximate surface area is 124 Å². The third kappa shape index (κ3) is 2.41. The molecule has 1 aromatic carbocycles. The maximum absolute atomic E-state index is 5.98. The molecule has 0 atom stereocenters. The number of halogens is 2. The van der Waals surface area contributed by atoms with Gasteiger partial charge in [0.2, 0.25) is 0 Å². The zero-order valence-electron chi connectivity index (χ0n) is 10.0. The number of rotatable bonds is 3. The summed E-state index contributed by atoms with van der Waals surface area (Å²) in [6.07, 6.45) is 1.86. The van der Waals surface area contributed by atoms with Gasteiger partial charge in [0.05, 0.1) is 11.2 Å². The van der Waals surface area contributed by atoms with Crippen LogP contribution in [0, 0.1) is 0 Å². The second kappa shape index (κ2) is 5.00. The Morgan fingerprint density at radius 1 is 1.37 bits per heavy atom. The smallest absolute Gasteiger partial charge is 0.166 e. The van der Waals surface area contributed by atoms with Gasteiger partial charge in [-0.25, -0.2) is 4.98 Å². The minimum absolute atomic E-state index is 0.332. The van der Waals surface area contributed by atoms with Crippen molar-refractivity contribution in [2.45, 2.75) is 6.54 Å². The van der Waals surface area contributed by atoms with Crippen LogP contribution in [0.2, 0.25) is 10.3 Å². The Morgan fingerprint density at radius 3 is 2.95 bits per heavy atom. The third-order valence-corrected chi connectivity index (χ3v) is 4.45. The van der Waals surface area contributed by atoms with Crippen LogP contribution in [0.5, 0.6) is 0 Å². The molecule has 2 heterocycles. The summed E-state index contributed by atoms with van der Waals surface area (Å²) in [7, 11) is 1.84. The maximum Gasteiger partial charge on any atom is 0.166 e. The molecular weight excluding hydrogens is 303 g/mol. The topological polar surface area (TPSA) is 42.7 Å². The van der Waals surface area contributed by atoms with E-state index in [-0.39, 0.29) is 0 Å². The Morgan fingerprint density at radius 2 is 2.21 bits per heavy atom. The van der Waals surface area contributed by atoms with Gasteiger partial charge in [-0.1, -0.05) is 23.2 Å². The van der Waals surface area contributed by atoms with Gasteiger partial charge in [-0.3, -0.25) is 0 Å².